The number of tetrazole rings is 1. The van der Waals surface area contributed by atoms with Crippen LogP contribution in [-0.2, 0) is 17.6 Å². The third-order valence-electron chi connectivity index (χ3n) is 7.77. The second-order valence-electron chi connectivity index (χ2n) is 11.0. The van der Waals surface area contributed by atoms with Gasteiger partial charge in [-0.25, -0.2) is 29.4 Å². The molecule has 0 aliphatic rings. The number of unbranched alkanes of at least 4 members (excludes halogenated alkanes) is 1. The van der Waals surface area contributed by atoms with E-state index < -0.39 is 12.1 Å². The average molecular weight is 629 g/mol. The van der Waals surface area contributed by atoms with Crippen molar-refractivity contribution in [3.63, 3.8) is 0 Å². The number of aryl methyl sites for hydroxylation is 2. The standard InChI is InChI=1S/C35H32N8O4/c1-3-4-14-30-29(19-23-15-17-24(18-16-23)27-12-8-9-13-28(27)32-39-41-42-40-32)33(44)43(22(2)38-30)35-36-20-26(21-37-35)47-31(34(45)46)25-10-6-5-7-11-25/h5-13,15-18,20-21,31H,3-4,14,19H2,1-2H3,(H,45,46)(H,39,40,41,42). The van der Waals surface area contributed by atoms with Crippen molar-refractivity contribution in [3.05, 3.63) is 130 Å². The lowest BCUT2D eigenvalue weighted by Gasteiger charge is -2.16. The van der Waals surface area contributed by atoms with Gasteiger partial charge in [0.15, 0.2) is 11.6 Å². The quantitative estimate of drug-likeness (QED) is 0.182. The maximum atomic E-state index is 14.1. The summed E-state index contributed by atoms with van der Waals surface area (Å²) in [6.45, 7) is 3.85. The summed E-state index contributed by atoms with van der Waals surface area (Å²) in [7, 11) is 0. The highest BCUT2D eigenvalue weighted by molar-refractivity contribution is 5.80. The molecule has 0 aliphatic heterocycles. The SMILES string of the molecule is CCCCc1nc(C)n(-c2ncc(OC(C(=O)O)c3ccccc3)cn2)c(=O)c1Cc1ccc(-c2ccccc2-c2nnn[nH]2)cc1. The third kappa shape index (κ3) is 6.81. The van der Waals surface area contributed by atoms with Crippen molar-refractivity contribution in [1.82, 2.24) is 40.1 Å². The van der Waals surface area contributed by atoms with E-state index in [4.69, 9.17) is 9.72 Å². The molecular formula is C35H32N8O4. The number of rotatable bonds is 12. The van der Waals surface area contributed by atoms with Crippen LogP contribution in [0.1, 0.15) is 54.1 Å². The zero-order chi connectivity index (χ0) is 32.8. The van der Waals surface area contributed by atoms with Crippen molar-refractivity contribution in [2.75, 3.05) is 0 Å². The molecule has 0 amide bonds. The molecule has 3 heterocycles. The van der Waals surface area contributed by atoms with Gasteiger partial charge in [0.2, 0.25) is 12.1 Å². The van der Waals surface area contributed by atoms with Crippen molar-refractivity contribution in [3.8, 4) is 34.2 Å². The van der Waals surface area contributed by atoms with E-state index in [1.165, 1.54) is 17.0 Å². The van der Waals surface area contributed by atoms with Crippen molar-refractivity contribution >= 4 is 5.97 Å². The summed E-state index contributed by atoms with van der Waals surface area (Å²) in [6.07, 6.45) is 4.39. The number of aromatic amines is 1. The van der Waals surface area contributed by atoms with E-state index >= 15 is 0 Å². The molecule has 0 saturated carbocycles. The van der Waals surface area contributed by atoms with Gasteiger partial charge in [0.25, 0.3) is 5.56 Å². The molecule has 0 fully saturated rings. The molecule has 236 valence electrons. The minimum absolute atomic E-state index is 0.121. The van der Waals surface area contributed by atoms with E-state index in [9.17, 15) is 14.7 Å². The number of carbonyl (C=O) groups is 1. The molecule has 0 bridgehead atoms. The fraction of sp³-hybridized carbons (Fsp3) is 0.200. The largest absolute Gasteiger partial charge is 0.478 e. The number of nitrogens with zero attached hydrogens (tertiary/aromatic N) is 7. The summed E-state index contributed by atoms with van der Waals surface area (Å²) >= 11 is 0. The number of nitrogens with one attached hydrogen (secondary N) is 1. The Bertz CT molecular complexity index is 2030. The fourth-order valence-electron chi connectivity index (χ4n) is 5.41. The number of hydrogen-bond acceptors (Lipinski definition) is 9. The van der Waals surface area contributed by atoms with Crippen LogP contribution in [0.2, 0.25) is 0 Å². The number of aliphatic carboxylic acids is 1. The molecule has 0 spiro atoms. The number of hydrogen-bond donors (Lipinski definition) is 2. The van der Waals surface area contributed by atoms with Crippen LogP contribution in [0.15, 0.2) is 96.1 Å². The molecule has 1 unspecified atom stereocenters. The van der Waals surface area contributed by atoms with E-state index in [0.717, 1.165) is 40.8 Å². The number of ether oxygens (including phenoxy) is 1. The van der Waals surface area contributed by atoms with E-state index in [2.05, 4.69) is 37.5 Å². The predicted octanol–water partition coefficient (Wildman–Crippen LogP) is 5.32. The Morgan fingerprint density at radius 2 is 1.66 bits per heavy atom. The first kappa shape index (κ1) is 31.0. The van der Waals surface area contributed by atoms with Gasteiger partial charge in [-0.1, -0.05) is 92.2 Å². The number of benzene rings is 3. The number of aromatic nitrogens is 8. The molecule has 0 aliphatic carbocycles. The van der Waals surface area contributed by atoms with Crippen molar-refractivity contribution in [2.24, 2.45) is 0 Å². The molecule has 3 aromatic heterocycles. The summed E-state index contributed by atoms with van der Waals surface area (Å²) in [5.74, 6) is 0.172. The second-order valence-corrected chi connectivity index (χ2v) is 11.0. The smallest absolute Gasteiger partial charge is 0.349 e. The lowest BCUT2D eigenvalue weighted by atomic mass is 9.96. The van der Waals surface area contributed by atoms with Crippen LogP contribution in [0, 0.1) is 6.92 Å². The minimum atomic E-state index is -1.24. The number of carboxylic acid groups (broad SMARTS) is 1. The molecular weight excluding hydrogens is 596 g/mol. The van der Waals surface area contributed by atoms with Crippen LogP contribution in [0.3, 0.4) is 0 Å². The Hall–Kier alpha value is -6.04. The fourth-order valence-corrected chi connectivity index (χ4v) is 5.41. The molecule has 6 aromatic rings. The average Bonchev–Trinajstić information content (AvgIpc) is 3.64. The highest BCUT2D eigenvalue weighted by Crippen LogP contribution is 2.30. The van der Waals surface area contributed by atoms with Gasteiger partial charge in [0.1, 0.15) is 5.82 Å². The highest BCUT2D eigenvalue weighted by Gasteiger charge is 2.23. The lowest BCUT2D eigenvalue weighted by molar-refractivity contribution is -0.145. The first-order valence-corrected chi connectivity index (χ1v) is 15.2. The maximum absolute atomic E-state index is 14.1. The van der Waals surface area contributed by atoms with Gasteiger partial charge in [-0.3, -0.25) is 4.79 Å². The van der Waals surface area contributed by atoms with Gasteiger partial charge >= 0.3 is 5.97 Å². The Labute approximate surface area is 270 Å². The Morgan fingerprint density at radius 3 is 2.32 bits per heavy atom. The number of H-pyrrole nitrogens is 1. The monoisotopic (exact) mass is 628 g/mol. The van der Waals surface area contributed by atoms with Gasteiger partial charge in [0, 0.05) is 23.1 Å². The molecule has 3 aromatic carbocycles. The predicted molar refractivity (Wildman–Crippen MR) is 174 cm³/mol. The summed E-state index contributed by atoms with van der Waals surface area (Å²) in [4.78, 5) is 39.6. The zero-order valence-corrected chi connectivity index (χ0v) is 25.9. The summed E-state index contributed by atoms with van der Waals surface area (Å²) in [5, 5.41) is 24.0. The topological polar surface area (TPSA) is 162 Å². The molecule has 12 nitrogen and oxygen atoms in total. The van der Waals surface area contributed by atoms with Gasteiger partial charge in [-0.2, -0.15) is 0 Å². The van der Waals surface area contributed by atoms with Crippen molar-refractivity contribution in [2.45, 2.75) is 45.6 Å². The molecule has 0 radical (unpaired) electrons. The van der Waals surface area contributed by atoms with E-state index in [-0.39, 0.29) is 17.3 Å². The van der Waals surface area contributed by atoms with Gasteiger partial charge in [-0.05, 0) is 46.9 Å². The first-order valence-electron chi connectivity index (χ1n) is 15.2. The third-order valence-corrected chi connectivity index (χ3v) is 7.77. The van der Waals surface area contributed by atoms with Crippen LogP contribution < -0.4 is 10.3 Å². The Balaban J connectivity index is 1.30. The van der Waals surface area contributed by atoms with Crippen LogP contribution in [0.5, 0.6) is 5.75 Å². The van der Waals surface area contributed by atoms with Crippen LogP contribution in [0.25, 0.3) is 28.5 Å². The van der Waals surface area contributed by atoms with E-state index in [0.29, 0.717) is 35.6 Å². The van der Waals surface area contributed by atoms with Gasteiger partial charge in [0.05, 0.1) is 18.1 Å². The minimum Gasteiger partial charge on any atom is -0.478 e. The van der Waals surface area contributed by atoms with Crippen LogP contribution >= 0.6 is 0 Å². The second kappa shape index (κ2) is 13.9. The molecule has 1 atom stereocenters. The van der Waals surface area contributed by atoms with Crippen molar-refractivity contribution < 1.29 is 14.6 Å². The highest BCUT2D eigenvalue weighted by atomic mass is 16.5. The maximum Gasteiger partial charge on any atom is 0.349 e. The molecule has 6 rings (SSSR count). The molecule has 2 N–H and O–H groups in total. The zero-order valence-electron chi connectivity index (χ0n) is 25.9. The normalized spacial score (nSPS) is 11.7. The summed E-state index contributed by atoms with van der Waals surface area (Å²) in [5.41, 5.74) is 5.35. The van der Waals surface area contributed by atoms with Crippen LogP contribution in [0.4, 0.5) is 0 Å². The lowest BCUT2D eigenvalue weighted by Crippen LogP contribution is -2.29. The van der Waals surface area contributed by atoms with Gasteiger partial charge < -0.3 is 9.84 Å². The first-order chi connectivity index (χ1) is 22.9. The van der Waals surface area contributed by atoms with E-state index in [1.54, 1.807) is 37.3 Å². The summed E-state index contributed by atoms with van der Waals surface area (Å²) < 4.78 is 7.10. The summed E-state index contributed by atoms with van der Waals surface area (Å²) in [6, 6.07) is 24.5. The molecule has 0 saturated heterocycles. The Kier molecular flexibility index (Phi) is 9.18. The Morgan fingerprint density at radius 1 is 0.957 bits per heavy atom. The molecule has 12 heteroatoms. The van der Waals surface area contributed by atoms with E-state index in [1.807, 2.05) is 48.5 Å². The number of carboxylic acids is 1. The van der Waals surface area contributed by atoms with Gasteiger partial charge in [-0.15, -0.1) is 5.10 Å². The van der Waals surface area contributed by atoms with Crippen molar-refractivity contribution in [1.29, 1.82) is 0 Å². The van der Waals surface area contributed by atoms with Crippen LogP contribution in [-0.4, -0.2) is 51.2 Å². The molecule has 47 heavy (non-hydrogen) atoms.